The van der Waals surface area contributed by atoms with Crippen LogP contribution in [-0.4, -0.2) is 65.5 Å². The van der Waals surface area contributed by atoms with Gasteiger partial charge in [-0.2, -0.15) is 8.42 Å². The van der Waals surface area contributed by atoms with Crippen molar-refractivity contribution in [2.24, 2.45) is 5.16 Å². The second-order valence-electron chi connectivity index (χ2n) is 4.60. The molecule has 1 aliphatic heterocycles. The Balaban J connectivity index is 2.28. The summed E-state index contributed by atoms with van der Waals surface area (Å²) in [5, 5.41) is 9.19. The first-order chi connectivity index (χ1) is 11.6. The molecule has 0 bridgehead atoms. The molecule has 1 aliphatic rings. The number of hydrogen-bond acceptors (Lipinski definition) is 10. The predicted molar refractivity (Wildman–Crippen MR) is 83.4 cm³/mol. The standard InChI is InChI=1S/C10H12N6O7S2/c1-23-15-6(5-2-24-9(11)13-5)7(18)14-10(12-4-17)3-16(8(10)19)25(20,21)22/h2,4H,3H2,1H3,(H2,11,13)(H,12,17)(H,14,18)(H,20,21,22)/b15-6-. The summed E-state index contributed by atoms with van der Waals surface area (Å²) in [7, 11) is -3.66. The van der Waals surface area contributed by atoms with E-state index in [0.29, 0.717) is 0 Å². The van der Waals surface area contributed by atoms with Crippen LogP contribution in [0.4, 0.5) is 5.13 Å². The van der Waals surface area contributed by atoms with Crippen molar-refractivity contribution in [1.82, 2.24) is 19.9 Å². The Morgan fingerprint density at radius 1 is 1.64 bits per heavy atom. The number of carbonyl (C=O) groups excluding carboxylic acids is 3. The van der Waals surface area contributed by atoms with Crippen LogP contribution >= 0.6 is 11.3 Å². The largest absolute Gasteiger partial charge is 0.398 e. The highest BCUT2D eigenvalue weighted by Gasteiger charge is 2.58. The van der Waals surface area contributed by atoms with Gasteiger partial charge >= 0.3 is 10.3 Å². The molecule has 2 rings (SSSR count). The molecule has 136 valence electrons. The Morgan fingerprint density at radius 3 is 2.76 bits per heavy atom. The molecule has 0 aliphatic carbocycles. The first-order valence-electron chi connectivity index (χ1n) is 6.30. The van der Waals surface area contributed by atoms with E-state index in [-0.39, 0.29) is 27.3 Å². The predicted octanol–water partition coefficient (Wildman–Crippen LogP) is -2.72. The molecule has 1 unspecified atom stereocenters. The minimum absolute atomic E-state index is 0.0431. The van der Waals surface area contributed by atoms with Crippen molar-refractivity contribution >= 4 is 50.7 Å². The molecule has 0 radical (unpaired) electrons. The third-order valence-electron chi connectivity index (χ3n) is 3.05. The Hall–Kier alpha value is -2.78. The number of rotatable bonds is 7. The van der Waals surface area contributed by atoms with Gasteiger partial charge in [-0.3, -0.25) is 18.9 Å². The fourth-order valence-electron chi connectivity index (χ4n) is 1.95. The van der Waals surface area contributed by atoms with Gasteiger partial charge in [0.05, 0.1) is 6.54 Å². The van der Waals surface area contributed by atoms with Gasteiger partial charge in [-0.1, -0.05) is 5.16 Å². The van der Waals surface area contributed by atoms with Crippen LogP contribution in [0.5, 0.6) is 0 Å². The average Bonchev–Trinajstić information content (AvgIpc) is 2.94. The van der Waals surface area contributed by atoms with Crippen LogP contribution in [0, 0.1) is 0 Å². The lowest BCUT2D eigenvalue weighted by Crippen LogP contribution is -2.81. The Kier molecular flexibility index (Phi) is 4.91. The number of nitrogens with zero attached hydrogens (tertiary/aromatic N) is 3. The molecular weight excluding hydrogens is 380 g/mol. The molecular formula is C10H12N6O7S2. The molecule has 1 aromatic heterocycles. The zero-order chi connectivity index (χ0) is 18.8. The minimum Gasteiger partial charge on any atom is -0.398 e. The lowest BCUT2D eigenvalue weighted by Gasteiger charge is -2.45. The quantitative estimate of drug-likeness (QED) is 0.0952. The maximum absolute atomic E-state index is 12.4. The Labute approximate surface area is 144 Å². The number of aromatic nitrogens is 1. The molecule has 13 nitrogen and oxygen atoms in total. The van der Waals surface area contributed by atoms with Crippen LogP contribution in [0.3, 0.4) is 0 Å². The summed E-state index contributed by atoms with van der Waals surface area (Å²) in [5.41, 5.74) is 3.10. The summed E-state index contributed by atoms with van der Waals surface area (Å²) in [6.07, 6.45) is 0.0908. The summed E-state index contributed by atoms with van der Waals surface area (Å²) in [5.74, 6) is -2.25. The van der Waals surface area contributed by atoms with E-state index in [4.69, 9.17) is 10.3 Å². The number of nitrogen functional groups attached to an aromatic ring is 1. The number of thiazole rings is 1. The normalized spacial score (nSPS) is 20.6. The number of nitrogens with one attached hydrogen (secondary N) is 2. The van der Waals surface area contributed by atoms with Gasteiger partial charge in [0.1, 0.15) is 12.8 Å². The zero-order valence-corrected chi connectivity index (χ0v) is 14.1. The van der Waals surface area contributed by atoms with Gasteiger partial charge in [-0.05, 0) is 0 Å². The molecule has 0 aromatic carbocycles. The summed E-state index contributed by atoms with van der Waals surface area (Å²) in [4.78, 5) is 43.5. The topological polar surface area (TPSA) is 193 Å². The number of β-lactam (4-membered cyclic amide) rings is 1. The van der Waals surface area contributed by atoms with E-state index in [0.717, 1.165) is 18.4 Å². The smallest absolute Gasteiger partial charge is 0.362 e. The van der Waals surface area contributed by atoms with Gasteiger partial charge in [0.2, 0.25) is 12.1 Å². The van der Waals surface area contributed by atoms with Crippen LogP contribution in [0.15, 0.2) is 10.5 Å². The Morgan fingerprint density at radius 2 is 2.32 bits per heavy atom. The highest BCUT2D eigenvalue weighted by molar-refractivity contribution is 7.84. The van der Waals surface area contributed by atoms with Gasteiger partial charge < -0.3 is 21.2 Å². The number of anilines is 1. The van der Waals surface area contributed by atoms with Crippen molar-refractivity contribution in [2.75, 3.05) is 19.4 Å². The van der Waals surface area contributed by atoms with Crippen LogP contribution < -0.4 is 16.4 Å². The second kappa shape index (κ2) is 6.61. The molecule has 2 heterocycles. The first-order valence-corrected chi connectivity index (χ1v) is 8.58. The molecule has 5 N–H and O–H groups in total. The van der Waals surface area contributed by atoms with Crippen LogP contribution in [0.1, 0.15) is 5.69 Å². The number of hydrogen-bond donors (Lipinski definition) is 4. The number of carbonyl (C=O) groups is 3. The molecule has 0 saturated carbocycles. The summed E-state index contributed by atoms with van der Waals surface area (Å²) >= 11 is 1.02. The fraction of sp³-hybridized carbons (Fsp3) is 0.300. The van der Waals surface area contributed by atoms with Crippen LogP contribution in [0.2, 0.25) is 0 Å². The van der Waals surface area contributed by atoms with Crippen LogP contribution in [0.25, 0.3) is 0 Å². The average molecular weight is 392 g/mol. The van der Waals surface area contributed by atoms with Crippen LogP contribution in [-0.2, 0) is 29.5 Å². The third kappa shape index (κ3) is 3.52. The molecule has 25 heavy (non-hydrogen) atoms. The molecule has 1 atom stereocenters. The molecule has 1 fully saturated rings. The molecule has 0 spiro atoms. The first kappa shape index (κ1) is 18.6. The van der Waals surface area contributed by atoms with E-state index in [1.165, 1.54) is 5.38 Å². The maximum Gasteiger partial charge on any atom is 0.362 e. The van der Waals surface area contributed by atoms with E-state index in [9.17, 15) is 22.8 Å². The van der Waals surface area contributed by atoms with E-state index in [2.05, 4.69) is 20.3 Å². The molecule has 3 amide bonds. The second-order valence-corrected chi connectivity index (χ2v) is 6.83. The third-order valence-corrected chi connectivity index (χ3v) is 4.57. The zero-order valence-electron chi connectivity index (χ0n) is 12.5. The van der Waals surface area contributed by atoms with Gasteiger partial charge in [-0.15, -0.1) is 11.3 Å². The van der Waals surface area contributed by atoms with E-state index < -0.39 is 34.3 Å². The van der Waals surface area contributed by atoms with Crippen molar-refractivity contribution in [3.05, 3.63) is 11.1 Å². The minimum atomic E-state index is -4.83. The van der Waals surface area contributed by atoms with E-state index in [1.807, 2.05) is 5.32 Å². The maximum atomic E-state index is 12.4. The highest BCUT2D eigenvalue weighted by atomic mass is 32.2. The molecule has 1 saturated heterocycles. The van der Waals surface area contributed by atoms with Crippen molar-refractivity contribution < 1.29 is 32.2 Å². The number of oxime groups is 1. The van der Waals surface area contributed by atoms with Gasteiger partial charge in [0, 0.05) is 5.38 Å². The Bertz CT molecular complexity index is 850. The van der Waals surface area contributed by atoms with Gasteiger partial charge in [0.15, 0.2) is 10.8 Å². The number of nitrogens with two attached hydrogens (primary N) is 1. The summed E-state index contributed by atoms with van der Waals surface area (Å²) in [6, 6.07) is 0. The fourth-order valence-corrected chi connectivity index (χ4v) is 3.22. The molecule has 15 heteroatoms. The number of amides is 3. The molecule has 1 aromatic rings. The van der Waals surface area contributed by atoms with Gasteiger partial charge in [-0.25, -0.2) is 9.29 Å². The van der Waals surface area contributed by atoms with Crippen molar-refractivity contribution in [2.45, 2.75) is 5.66 Å². The van der Waals surface area contributed by atoms with Crippen molar-refractivity contribution in [1.29, 1.82) is 0 Å². The van der Waals surface area contributed by atoms with Crippen molar-refractivity contribution in [3.63, 3.8) is 0 Å². The van der Waals surface area contributed by atoms with E-state index in [1.54, 1.807) is 0 Å². The van der Waals surface area contributed by atoms with Crippen molar-refractivity contribution in [3.8, 4) is 0 Å². The van der Waals surface area contributed by atoms with Gasteiger partial charge in [0.25, 0.3) is 11.8 Å². The lowest BCUT2D eigenvalue weighted by molar-refractivity contribution is -0.151. The monoisotopic (exact) mass is 392 g/mol. The summed E-state index contributed by atoms with van der Waals surface area (Å²) in [6.45, 7) is -0.714. The van der Waals surface area contributed by atoms with E-state index >= 15 is 0 Å². The SMILES string of the molecule is CO/N=C(\C(=O)NC1(NC=O)CN(S(=O)(=O)O)C1=O)c1csc(N)n1. The highest BCUT2D eigenvalue weighted by Crippen LogP contribution is 2.23. The lowest BCUT2D eigenvalue weighted by atomic mass is 10.0. The summed E-state index contributed by atoms with van der Waals surface area (Å²) < 4.78 is 31.0.